The third-order valence-electron chi connectivity index (χ3n) is 3.61. The Hall–Kier alpha value is -1.27. The molecule has 0 radical (unpaired) electrons. The quantitative estimate of drug-likeness (QED) is 0.766. The topological polar surface area (TPSA) is 57.6 Å². The lowest BCUT2D eigenvalue weighted by molar-refractivity contribution is -0.200. The van der Waals surface area contributed by atoms with Gasteiger partial charge in [-0.2, -0.15) is 13.2 Å². The van der Waals surface area contributed by atoms with Crippen LogP contribution in [0, 0.1) is 5.92 Å². The van der Waals surface area contributed by atoms with Gasteiger partial charge >= 0.3 is 18.1 Å². The predicted octanol–water partition coefficient (Wildman–Crippen LogP) is 1.40. The summed E-state index contributed by atoms with van der Waals surface area (Å²) >= 11 is 0. The van der Waals surface area contributed by atoms with Crippen molar-refractivity contribution in [3.8, 4) is 0 Å². The molecule has 2 heterocycles. The van der Waals surface area contributed by atoms with E-state index in [1.807, 2.05) is 0 Å². The normalized spacial score (nSPS) is 32.6. The smallest absolute Gasteiger partial charge is 0.471 e. The minimum Gasteiger partial charge on any atom is -0.480 e. The Balaban J connectivity index is 2.29. The Labute approximate surface area is 95.4 Å². The number of carboxylic acids is 1. The number of carbonyl (C=O) groups is 2. The minimum atomic E-state index is -4.99. The van der Waals surface area contributed by atoms with E-state index in [0.29, 0.717) is 30.6 Å². The maximum Gasteiger partial charge on any atom is 0.471 e. The molecule has 0 aromatic carbocycles. The van der Waals surface area contributed by atoms with Gasteiger partial charge in [0.25, 0.3) is 0 Å². The summed E-state index contributed by atoms with van der Waals surface area (Å²) in [4.78, 5) is 22.8. The number of nitrogens with zero attached hydrogens (tertiary/aromatic N) is 1. The van der Waals surface area contributed by atoms with Crippen LogP contribution in [0.2, 0.25) is 0 Å². The lowest BCUT2D eigenvalue weighted by atomic mass is 9.74. The first-order valence-electron chi connectivity index (χ1n) is 5.44. The molecule has 0 aromatic heterocycles. The van der Waals surface area contributed by atoms with Crippen LogP contribution >= 0.6 is 0 Å². The van der Waals surface area contributed by atoms with Gasteiger partial charge in [0.2, 0.25) is 0 Å². The molecule has 0 spiro atoms. The zero-order valence-electron chi connectivity index (χ0n) is 8.91. The van der Waals surface area contributed by atoms with Crippen molar-refractivity contribution >= 4 is 11.9 Å². The van der Waals surface area contributed by atoms with E-state index in [4.69, 9.17) is 5.11 Å². The third-order valence-corrected chi connectivity index (χ3v) is 3.61. The van der Waals surface area contributed by atoms with Gasteiger partial charge in [-0.15, -0.1) is 0 Å². The van der Waals surface area contributed by atoms with Crippen LogP contribution in [0.3, 0.4) is 0 Å². The molecule has 0 unspecified atom stereocenters. The van der Waals surface area contributed by atoms with E-state index in [2.05, 4.69) is 0 Å². The molecule has 7 heteroatoms. The fraction of sp³-hybridized carbons (Fsp3) is 0.800. The van der Waals surface area contributed by atoms with Crippen molar-refractivity contribution < 1.29 is 27.9 Å². The van der Waals surface area contributed by atoms with Crippen molar-refractivity contribution in [1.82, 2.24) is 4.90 Å². The van der Waals surface area contributed by atoms with E-state index < -0.39 is 30.1 Å². The summed E-state index contributed by atoms with van der Waals surface area (Å²) in [6.07, 6.45) is -2.88. The lowest BCUT2D eigenvalue weighted by Gasteiger charge is -2.49. The van der Waals surface area contributed by atoms with Crippen LogP contribution in [0.15, 0.2) is 0 Å². The summed E-state index contributed by atoms with van der Waals surface area (Å²) in [5, 5.41) is 8.98. The molecule has 2 saturated heterocycles. The van der Waals surface area contributed by atoms with Gasteiger partial charge < -0.3 is 10.0 Å². The molecule has 2 bridgehead atoms. The largest absolute Gasteiger partial charge is 0.480 e. The lowest BCUT2D eigenvalue weighted by Crippen LogP contribution is -2.63. The first-order valence-corrected chi connectivity index (χ1v) is 5.44. The minimum absolute atomic E-state index is 0.344. The highest BCUT2D eigenvalue weighted by molar-refractivity contribution is 5.88. The number of hydrogen-bond donors (Lipinski definition) is 1. The summed E-state index contributed by atoms with van der Waals surface area (Å²) in [7, 11) is 0. The summed E-state index contributed by atoms with van der Waals surface area (Å²) in [5.74, 6) is -3.69. The molecule has 3 aliphatic rings. The van der Waals surface area contributed by atoms with E-state index in [1.54, 1.807) is 0 Å². The maximum absolute atomic E-state index is 12.4. The number of rotatable bonds is 1. The van der Waals surface area contributed by atoms with Crippen LogP contribution in [0.4, 0.5) is 13.2 Å². The highest BCUT2D eigenvalue weighted by atomic mass is 19.4. The zero-order valence-corrected chi connectivity index (χ0v) is 8.91. The molecule has 3 rings (SSSR count). The number of alkyl halides is 3. The van der Waals surface area contributed by atoms with Crippen molar-refractivity contribution in [3.63, 3.8) is 0 Å². The van der Waals surface area contributed by atoms with Gasteiger partial charge in [0.15, 0.2) is 0 Å². The molecule has 1 atom stereocenters. The summed E-state index contributed by atoms with van der Waals surface area (Å²) in [5.41, 5.74) is 0. The Morgan fingerprint density at radius 3 is 2.06 bits per heavy atom. The average Bonchev–Trinajstić information content (AvgIpc) is 2.27. The fourth-order valence-corrected chi connectivity index (χ4v) is 2.91. The van der Waals surface area contributed by atoms with Gasteiger partial charge in [-0.05, 0) is 31.6 Å². The van der Waals surface area contributed by atoms with Crippen molar-refractivity contribution in [2.24, 2.45) is 5.92 Å². The first kappa shape index (κ1) is 12.2. The molecule has 1 aliphatic carbocycles. The van der Waals surface area contributed by atoms with Crippen molar-refractivity contribution in [2.75, 3.05) is 0 Å². The van der Waals surface area contributed by atoms with Crippen molar-refractivity contribution in [1.29, 1.82) is 0 Å². The number of aliphatic carboxylic acids is 1. The van der Waals surface area contributed by atoms with E-state index in [-0.39, 0.29) is 5.92 Å². The first-order chi connectivity index (χ1) is 7.82. The SMILES string of the molecule is O=C(O)[C@@H]1C2CCC(CC2)N1C(=O)C(F)(F)F. The summed E-state index contributed by atoms with van der Waals surface area (Å²) in [6.45, 7) is 0. The summed E-state index contributed by atoms with van der Waals surface area (Å²) < 4.78 is 37.2. The zero-order chi connectivity index (χ0) is 12.8. The highest BCUT2D eigenvalue weighted by Gasteiger charge is 2.54. The summed E-state index contributed by atoms with van der Waals surface area (Å²) in [6, 6.07) is -1.88. The molecule has 0 aromatic rings. The Morgan fingerprint density at radius 1 is 1.12 bits per heavy atom. The molecule has 1 N–H and O–H groups in total. The predicted molar refractivity (Wildman–Crippen MR) is 50.1 cm³/mol. The second kappa shape index (κ2) is 3.89. The van der Waals surface area contributed by atoms with Crippen LogP contribution in [0.25, 0.3) is 0 Å². The third kappa shape index (κ3) is 1.98. The number of fused-ring (bicyclic) bond motifs is 3. The van der Waals surface area contributed by atoms with Gasteiger partial charge in [-0.3, -0.25) is 4.79 Å². The van der Waals surface area contributed by atoms with Crippen LogP contribution in [-0.2, 0) is 9.59 Å². The fourth-order valence-electron chi connectivity index (χ4n) is 2.91. The number of carboxylic acid groups (broad SMARTS) is 1. The Morgan fingerprint density at radius 2 is 1.65 bits per heavy atom. The number of amides is 1. The van der Waals surface area contributed by atoms with Crippen LogP contribution in [0.1, 0.15) is 25.7 Å². The maximum atomic E-state index is 12.4. The molecule has 2 aliphatic heterocycles. The van der Waals surface area contributed by atoms with Gasteiger partial charge in [0.05, 0.1) is 0 Å². The van der Waals surface area contributed by atoms with Crippen LogP contribution in [-0.4, -0.2) is 40.1 Å². The van der Waals surface area contributed by atoms with Gasteiger partial charge in [-0.1, -0.05) is 0 Å². The molecule has 3 fully saturated rings. The van der Waals surface area contributed by atoms with E-state index in [9.17, 15) is 22.8 Å². The molecule has 1 amide bonds. The molecular formula is C10H12F3NO3. The number of halogens is 3. The van der Waals surface area contributed by atoms with E-state index in [0.717, 1.165) is 0 Å². The van der Waals surface area contributed by atoms with E-state index >= 15 is 0 Å². The molecule has 1 saturated carbocycles. The second-order valence-corrected chi connectivity index (χ2v) is 4.56. The van der Waals surface area contributed by atoms with Gasteiger partial charge in [0.1, 0.15) is 6.04 Å². The average molecular weight is 251 g/mol. The molecule has 96 valence electrons. The second-order valence-electron chi connectivity index (χ2n) is 4.56. The highest BCUT2D eigenvalue weighted by Crippen LogP contribution is 2.41. The van der Waals surface area contributed by atoms with Gasteiger partial charge in [-0.25, -0.2) is 4.79 Å². The molecular weight excluding hydrogens is 239 g/mol. The molecule has 17 heavy (non-hydrogen) atoms. The number of piperidine rings is 2. The monoisotopic (exact) mass is 251 g/mol. The van der Waals surface area contributed by atoms with Crippen molar-refractivity contribution in [3.05, 3.63) is 0 Å². The standard InChI is InChI=1S/C10H12F3NO3/c11-10(12,13)9(17)14-6-3-1-5(2-4-6)7(14)8(15)16/h5-7H,1-4H2,(H,15,16)/t5?,6?,7-/m0/s1. The molecule has 4 nitrogen and oxygen atoms in total. The van der Waals surface area contributed by atoms with Gasteiger partial charge in [0, 0.05) is 6.04 Å². The van der Waals surface area contributed by atoms with Crippen LogP contribution in [0.5, 0.6) is 0 Å². The Bertz CT molecular complexity index is 347. The Kier molecular flexibility index (Phi) is 2.79. The van der Waals surface area contributed by atoms with Crippen molar-refractivity contribution in [2.45, 2.75) is 43.9 Å². The van der Waals surface area contributed by atoms with Crippen LogP contribution < -0.4 is 0 Å². The van der Waals surface area contributed by atoms with E-state index in [1.165, 1.54) is 0 Å². The number of hydrogen-bond acceptors (Lipinski definition) is 2. The number of carbonyl (C=O) groups excluding carboxylic acids is 1.